The van der Waals surface area contributed by atoms with Crippen LogP contribution in [0.4, 0.5) is 4.39 Å². The van der Waals surface area contributed by atoms with Crippen molar-refractivity contribution in [1.29, 1.82) is 0 Å². The molecule has 1 rings (SSSR count). The molecule has 0 aliphatic rings. The monoisotopic (exact) mass is 193 g/mol. The van der Waals surface area contributed by atoms with E-state index in [4.69, 9.17) is 0 Å². The van der Waals surface area contributed by atoms with E-state index in [9.17, 15) is 9.18 Å². The quantitative estimate of drug-likeness (QED) is 0.714. The number of carbonyl (C=O) groups is 1. The Morgan fingerprint density at radius 3 is 2.79 bits per heavy atom. The number of carbonyl (C=O) groups excluding carboxylic acids is 1. The maximum absolute atomic E-state index is 13.1. The van der Waals surface area contributed by atoms with Crippen molar-refractivity contribution in [1.82, 2.24) is 5.32 Å². The minimum Gasteiger partial charge on any atom is -0.356 e. The maximum atomic E-state index is 13.1. The fraction of sp³-hybridized carbons (Fsp3) is 0.182. The molecule has 1 aromatic rings. The van der Waals surface area contributed by atoms with Gasteiger partial charge in [0.1, 0.15) is 5.82 Å². The highest BCUT2D eigenvalue weighted by atomic mass is 19.1. The van der Waals surface area contributed by atoms with Crippen LogP contribution >= 0.6 is 0 Å². The summed E-state index contributed by atoms with van der Waals surface area (Å²) in [6.45, 7) is 1.70. The Balaban J connectivity index is 2.83. The summed E-state index contributed by atoms with van der Waals surface area (Å²) in [5.41, 5.74) is 1.28. The second-order valence-corrected chi connectivity index (χ2v) is 2.96. The third kappa shape index (κ3) is 2.69. The van der Waals surface area contributed by atoms with E-state index in [1.807, 2.05) is 0 Å². The molecule has 0 aliphatic heterocycles. The van der Waals surface area contributed by atoms with Gasteiger partial charge in [-0.2, -0.15) is 0 Å². The second kappa shape index (κ2) is 4.56. The van der Waals surface area contributed by atoms with Crippen LogP contribution in [-0.2, 0) is 4.79 Å². The standard InChI is InChI=1S/C11H12FNO/c1-8-3-4-9(7-10(8)12)5-6-11(14)13-2/h3-7H,1-2H3,(H,13,14)/b6-5+. The minimum atomic E-state index is -0.260. The predicted octanol–water partition coefficient (Wildman–Crippen LogP) is 1.89. The van der Waals surface area contributed by atoms with Crippen LogP contribution in [0, 0.1) is 12.7 Å². The molecule has 0 heterocycles. The zero-order chi connectivity index (χ0) is 10.6. The van der Waals surface area contributed by atoms with Crippen molar-refractivity contribution in [3.63, 3.8) is 0 Å². The van der Waals surface area contributed by atoms with Crippen molar-refractivity contribution in [3.05, 3.63) is 41.2 Å². The van der Waals surface area contributed by atoms with Crippen molar-refractivity contribution in [2.75, 3.05) is 7.05 Å². The number of benzene rings is 1. The van der Waals surface area contributed by atoms with Crippen LogP contribution in [0.3, 0.4) is 0 Å². The van der Waals surface area contributed by atoms with Crippen molar-refractivity contribution in [2.45, 2.75) is 6.92 Å². The first kappa shape index (κ1) is 10.4. The molecule has 0 atom stereocenters. The molecule has 0 radical (unpaired) electrons. The van der Waals surface area contributed by atoms with Gasteiger partial charge in [-0.25, -0.2) is 4.39 Å². The zero-order valence-electron chi connectivity index (χ0n) is 8.17. The largest absolute Gasteiger partial charge is 0.356 e. The summed E-state index contributed by atoms with van der Waals surface area (Å²) < 4.78 is 13.1. The molecule has 14 heavy (non-hydrogen) atoms. The Morgan fingerprint density at radius 2 is 2.21 bits per heavy atom. The molecule has 74 valence electrons. The van der Waals surface area contributed by atoms with E-state index in [0.717, 1.165) is 0 Å². The summed E-state index contributed by atoms with van der Waals surface area (Å²) in [4.78, 5) is 10.8. The van der Waals surface area contributed by atoms with Crippen LogP contribution < -0.4 is 5.32 Å². The number of amides is 1. The van der Waals surface area contributed by atoms with Crippen LogP contribution in [-0.4, -0.2) is 13.0 Å². The third-order valence-corrected chi connectivity index (χ3v) is 1.87. The van der Waals surface area contributed by atoms with Gasteiger partial charge in [0, 0.05) is 13.1 Å². The summed E-state index contributed by atoms with van der Waals surface area (Å²) in [5, 5.41) is 2.44. The molecular weight excluding hydrogens is 181 g/mol. The van der Waals surface area contributed by atoms with Gasteiger partial charge < -0.3 is 5.32 Å². The molecule has 0 spiro atoms. The topological polar surface area (TPSA) is 29.1 Å². The number of rotatable bonds is 2. The van der Waals surface area contributed by atoms with Crippen LogP contribution in [0.15, 0.2) is 24.3 Å². The van der Waals surface area contributed by atoms with Gasteiger partial charge >= 0.3 is 0 Å². The summed E-state index contributed by atoms with van der Waals surface area (Å²) in [6.07, 6.45) is 2.94. The fourth-order valence-electron chi connectivity index (χ4n) is 0.968. The molecular formula is C11H12FNO. The van der Waals surface area contributed by atoms with E-state index in [1.165, 1.54) is 12.1 Å². The van der Waals surface area contributed by atoms with E-state index in [2.05, 4.69) is 5.32 Å². The molecule has 0 saturated heterocycles. The Morgan fingerprint density at radius 1 is 1.50 bits per heavy atom. The molecule has 3 heteroatoms. The lowest BCUT2D eigenvalue weighted by Crippen LogP contribution is -2.13. The Kier molecular flexibility index (Phi) is 3.40. The summed E-state index contributed by atoms with van der Waals surface area (Å²) in [6, 6.07) is 4.84. The zero-order valence-corrected chi connectivity index (χ0v) is 8.17. The lowest BCUT2D eigenvalue weighted by molar-refractivity contribution is -0.115. The first-order valence-corrected chi connectivity index (χ1v) is 4.29. The molecule has 0 unspecified atom stereocenters. The van der Waals surface area contributed by atoms with E-state index >= 15 is 0 Å². The highest BCUT2D eigenvalue weighted by Crippen LogP contribution is 2.10. The normalized spacial score (nSPS) is 10.5. The lowest BCUT2D eigenvalue weighted by atomic mass is 10.1. The van der Waals surface area contributed by atoms with Gasteiger partial charge in [0.15, 0.2) is 0 Å². The fourth-order valence-corrected chi connectivity index (χ4v) is 0.968. The highest BCUT2D eigenvalue weighted by Gasteiger charge is 1.96. The average Bonchev–Trinajstić information content (AvgIpc) is 2.19. The van der Waals surface area contributed by atoms with Gasteiger partial charge in [-0.3, -0.25) is 4.79 Å². The smallest absolute Gasteiger partial charge is 0.243 e. The van der Waals surface area contributed by atoms with Gasteiger partial charge in [0.2, 0.25) is 5.91 Å². The number of likely N-dealkylation sites (N-methyl/N-ethyl adjacent to an activating group) is 1. The predicted molar refractivity (Wildman–Crippen MR) is 54.2 cm³/mol. The van der Waals surface area contributed by atoms with Crippen LogP contribution in [0.2, 0.25) is 0 Å². The molecule has 1 aromatic carbocycles. The number of hydrogen-bond donors (Lipinski definition) is 1. The number of nitrogens with one attached hydrogen (secondary N) is 1. The second-order valence-electron chi connectivity index (χ2n) is 2.96. The SMILES string of the molecule is CNC(=O)/C=C/c1ccc(C)c(F)c1. The molecule has 0 bridgehead atoms. The first-order chi connectivity index (χ1) is 6.63. The number of hydrogen-bond acceptors (Lipinski definition) is 1. The Labute approximate surface area is 82.4 Å². The Hall–Kier alpha value is -1.64. The highest BCUT2D eigenvalue weighted by molar-refractivity contribution is 5.91. The molecule has 0 fully saturated rings. The van der Waals surface area contributed by atoms with E-state index in [-0.39, 0.29) is 11.7 Å². The molecule has 0 saturated carbocycles. The number of halogens is 1. The van der Waals surface area contributed by atoms with Gasteiger partial charge in [-0.05, 0) is 30.2 Å². The van der Waals surface area contributed by atoms with E-state index in [0.29, 0.717) is 11.1 Å². The molecule has 0 aliphatic carbocycles. The molecule has 0 aromatic heterocycles. The van der Waals surface area contributed by atoms with Crippen molar-refractivity contribution < 1.29 is 9.18 Å². The van der Waals surface area contributed by atoms with E-state index < -0.39 is 0 Å². The van der Waals surface area contributed by atoms with Crippen molar-refractivity contribution in [2.24, 2.45) is 0 Å². The van der Waals surface area contributed by atoms with Crippen molar-refractivity contribution in [3.8, 4) is 0 Å². The van der Waals surface area contributed by atoms with E-state index in [1.54, 1.807) is 32.2 Å². The van der Waals surface area contributed by atoms with Gasteiger partial charge in [0.25, 0.3) is 0 Å². The summed E-state index contributed by atoms with van der Waals surface area (Å²) >= 11 is 0. The average molecular weight is 193 g/mol. The van der Waals surface area contributed by atoms with Crippen molar-refractivity contribution >= 4 is 12.0 Å². The van der Waals surface area contributed by atoms with Crippen LogP contribution in [0.25, 0.3) is 6.08 Å². The summed E-state index contributed by atoms with van der Waals surface area (Å²) in [7, 11) is 1.54. The maximum Gasteiger partial charge on any atom is 0.243 e. The molecule has 1 N–H and O–H groups in total. The first-order valence-electron chi connectivity index (χ1n) is 4.29. The van der Waals surface area contributed by atoms with Gasteiger partial charge in [-0.1, -0.05) is 12.1 Å². The Bertz CT molecular complexity index is 372. The number of aryl methyl sites for hydroxylation is 1. The minimum absolute atomic E-state index is 0.203. The van der Waals surface area contributed by atoms with Crippen LogP contribution in [0.1, 0.15) is 11.1 Å². The summed E-state index contributed by atoms with van der Waals surface area (Å²) in [5.74, 6) is -0.463. The lowest BCUT2D eigenvalue weighted by Gasteiger charge is -1.97. The third-order valence-electron chi connectivity index (χ3n) is 1.87. The molecule has 1 amide bonds. The molecule has 2 nitrogen and oxygen atoms in total. The van der Waals surface area contributed by atoms with Gasteiger partial charge in [-0.15, -0.1) is 0 Å². The van der Waals surface area contributed by atoms with Crippen LogP contribution in [0.5, 0.6) is 0 Å². The van der Waals surface area contributed by atoms with Gasteiger partial charge in [0.05, 0.1) is 0 Å².